The first-order valence-electron chi connectivity index (χ1n) is 7.98. The van der Waals surface area contributed by atoms with Crippen LogP contribution < -0.4 is 5.32 Å². The highest BCUT2D eigenvalue weighted by Gasteiger charge is 2.20. The van der Waals surface area contributed by atoms with Crippen LogP contribution in [-0.4, -0.2) is 25.3 Å². The van der Waals surface area contributed by atoms with Crippen molar-refractivity contribution in [2.24, 2.45) is 0 Å². The van der Waals surface area contributed by atoms with Gasteiger partial charge in [0.1, 0.15) is 5.82 Å². The molecule has 2 unspecified atom stereocenters. The van der Waals surface area contributed by atoms with E-state index >= 15 is 0 Å². The summed E-state index contributed by atoms with van der Waals surface area (Å²) in [5.41, 5.74) is 1.15. The molecule has 1 aromatic rings. The van der Waals surface area contributed by atoms with Crippen LogP contribution in [0, 0.1) is 5.82 Å². The Bertz CT molecular complexity index is 435. The SMILES string of the molecule is CCCNC(Cc1ccc(F)cc1Br)CC1CCCCO1. The van der Waals surface area contributed by atoms with E-state index in [2.05, 4.69) is 28.2 Å². The maximum absolute atomic E-state index is 13.2. The summed E-state index contributed by atoms with van der Waals surface area (Å²) in [6.07, 6.45) is 7.04. The summed E-state index contributed by atoms with van der Waals surface area (Å²) < 4.78 is 19.9. The third-order valence-electron chi connectivity index (χ3n) is 3.99. The first-order chi connectivity index (χ1) is 10.2. The van der Waals surface area contributed by atoms with Crippen LogP contribution in [0.1, 0.15) is 44.6 Å². The van der Waals surface area contributed by atoms with Gasteiger partial charge in [-0.1, -0.05) is 28.9 Å². The van der Waals surface area contributed by atoms with Gasteiger partial charge in [0.25, 0.3) is 0 Å². The summed E-state index contributed by atoms with van der Waals surface area (Å²) in [5, 5.41) is 3.61. The minimum Gasteiger partial charge on any atom is -0.378 e. The molecule has 2 rings (SSSR count). The maximum Gasteiger partial charge on any atom is 0.124 e. The van der Waals surface area contributed by atoms with Crippen LogP contribution in [0.5, 0.6) is 0 Å². The lowest BCUT2D eigenvalue weighted by atomic mass is 9.96. The zero-order valence-electron chi connectivity index (χ0n) is 12.7. The molecule has 4 heteroatoms. The van der Waals surface area contributed by atoms with Crippen molar-refractivity contribution in [1.29, 1.82) is 0 Å². The van der Waals surface area contributed by atoms with Crippen molar-refractivity contribution in [2.45, 2.75) is 57.6 Å². The van der Waals surface area contributed by atoms with Crippen LogP contribution >= 0.6 is 15.9 Å². The fourth-order valence-corrected chi connectivity index (χ4v) is 3.36. The highest BCUT2D eigenvalue weighted by molar-refractivity contribution is 9.10. The normalized spacial score (nSPS) is 20.4. The Morgan fingerprint density at radius 3 is 2.95 bits per heavy atom. The monoisotopic (exact) mass is 357 g/mol. The molecule has 1 aromatic carbocycles. The molecule has 1 N–H and O–H groups in total. The molecule has 1 saturated heterocycles. The van der Waals surface area contributed by atoms with Crippen molar-refractivity contribution in [3.63, 3.8) is 0 Å². The Balaban J connectivity index is 1.97. The van der Waals surface area contributed by atoms with Crippen LogP contribution in [0.15, 0.2) is 22.7 Å². The number of hydrogen-bond acceptors (Lipinski definition) is 2. The van der Waals surface area contributed by atoms with E-state index in [9.17, 15) is 4.39 Å². The number of halogens is 2. The van der Waals surface area contributed by atoms with Crippen molar-refractivity contribution in [3.05, 3.63) is 34.1 Å². The predicted molar refractivity (Wildman–Crippen MR) is 88.1 cm³/mol. The van der Waals surface area contributed by atoms with Crippen LogP contribution in [0.4, 0.5) is 4.39 Å². The van der Waals surface area contributed by atoms with Gasteiger partial charge in [0.15, 0.2) is 0 Å². The number of benzene rings is 1. The molecule has 1 aliphatic rings. The molecule has 0 amide bonds. The van der Waals surface area contributed by atoms with Gasteiger partial charge in [-0.05, 0) is 62.8 Å². The van der Waals surface area contributed by atoms with Gasteiger partial charge in [-0.25, -0.2) is 4.39 Å². The smallest absolute Gasteiger partial charge is 0.124 e. The summed E-state index contributed by atoms with van der Waals surface area (Å²) in [6.45, 7) is 4.08. The average Bonchev–Trinajstić information content (AvgIpc) is 2.48. The van der Waals surface area contributed by atoms with E-state index in [1.54, 1.807) is 6.07 Å². The second-order valence-electron chi connectivity index (χ2n) is 5.82. The lowest BCUT2D eigenvalue weighted by Gasteiger charge is -2.28. The quantitative estimate of drug-likeness (QED) is 0.777. The van der Waals surface area contributed by atoms with Crippen molar-refractivity contribution in [1.82, 2.24) is 5.32 Å². The maximum atomic E-state index is 13.2. The predicted octanol–water partition coefficient (Wildman–Crippen LogP) is 4.46. The Labute approximate surface area is 135 Å². The van der Waals surface area contributed by atoms with Crippen LogP contribution in [0.3, 0.4) is 0 Å². The van der Waals surface area contributed by atoms with Gasteiger partial charge in [-0.15, -0.1) is 0 Å². The molecule has 0 radical (unpaired) electrons. The molecule has 1 heterocycles. The first kappa shape index (κ1) is 16.9. The third kappa shape index (κ3) is 5.68. The van der Waals surface area contributed by atoms with E-state index in [1.807, 2.05) is 6.07 Å². The van der Waals surface area contributed by atoms with Crippen molar-refractivity contribution >= 4 is 15.9 Å². The molecule has 21 heavy (non-hydrogen) atoms. The summed E-state index contributed by atoms with van der Waals surface area (Å²) in [4.78, 5) is 0. The molecule has 2 atom stereocenters. The fraction of sp³-hybridized carbons (Fsp3) is 0.647. The van der Waals surface area contributed by atoms with E-state index in [1.165, 1.54) is 18.9 Å². The van der Waals surface area contributed by atoms with Crippen LogP contribution in [-0.2, 0) is 11.2 Å². The van der Waals surface area contributed by atoms with E-state index in [0.29, 0.717) is 12.1 Å². The molecule has 1 fully saturated rings. The van der Waals surface area contributed by atoms with Gasteiger partial charge in [0.05, 0.1) is 6.10 Å². The number of ether oxygens (including phenoxy) is 1. The largest absolute Gasteiger partial charge is 0.378 e. The zero-order chi connectivity index (χ0) is 15.1. The molecule has 0 aliphatic carbocycles. The van der Waals surface area contributed by atoms with Gasteiger partial charge >= 0.3 is 0 Å². The van der Waals surface area contributed by atoms with Crippen molar-refractivity contribution in [3.8, 4) is 0 Å². The fourth-order valence-electron chi connectivity index (χ4n) is 2.85. The lowest BCUT2D eigenvalue weighted by Crippen LogP contribution is -2.37. The Morgan fingerprint density at radius 1 is 1.43 bits per heavy atom. The Morgan fingerprint density at radius 2 is 2.29 bits per heavy atom. The van der Waals surface area contributed by atoms with E-state index in [-0.39, 0.29) is 5.82 Å². The minimum atomic E-state index is -0.195. The highest BCUT2D eigenvalue weighted by Crippen LogP contribution is 2.23. The Hall–Kier alpha value is -0.450. The first-order valence-corrected chi connectivity index (χ1v) is 8.77. The number of nitrogens with one attached hydrogen (secondary N) is 1. The summed E-state index contributed by atoms with van der Waals surface area (Å²) >= 11 is 3.47. The third-order valence-corrected chi connectivity index (χ3v) is 4.72. The highest BCUT2D eigenvalue weighted by atomic mass is 79.9. The van der Waals surface area contributed by atoms with Gasteiger partial charge in [-0.3, -0.25) is 0 Å². The molecular weight excluding hydrogens is 333 g/mol. The van der Waals surface area contributed by atoms with Crippen LogP contribution in [0.2, 0.25) is 0 Å². The minimum absolute atomic E-state index is 0.195. The van der Waals surface area contributed by atoms with Gasteiger partial charge in [-0.2, -0.15) is 0 Å². The van der Waals surface area contributed by atoms with Gasteiger partial charge in [0.2, 0.25) is 0 Å². The molecular formula is C17H25BrFNO. The van der Waals surface area contributed by atoms with Crippen molar-refractivity contribution in [2.75, 3.05) is 13.2 Å². The summed E-state index contributed by atoms with van der Waals surface area (Å²) in [6, 6.07) is 5.34. The standard InChI is InChI=1S/C17H25BrFNO/c1-2-8-20-15(12-16-5-3-4-9-21-16)10-13-6-7-14(19)11-17(13)18/h6-7,11,15-16,20H,2-5,8-10,12H2,1H3. The van der Waals surface area contributed by atoms with Gasteiger partial charge in [0, 0.05) is 17.1 Å². The molecule has 2 nitrogen and oxygen atoms in total. The number of hydrogen-bond donors (Lipinski definition) is 1. The van der Waals surface area contributed by atoms with Crippen LogP contribution in [0.25, 0.3) is 0 Å². The molecule has 1 aliphatic heterocycles. The molecule has 118 valence electrons. The van der Waals surface area contributed by atoms with Crippen molar-refractivity contribution < 1.29 is 9.13 Å². The molecule has 0 saturated carbocycles. The topological polar surface area (TPSA) is 21.3 Å². The average molecular weight is 358 g/mol. The summed E-state index contributed by atoms with van der Waals surface area (Å²) in [7, 11) is 0. The van der Waals surface area contributed by atoms with E-state index in [4.69, 9.17) is 4.74 Å². The lowest BCUT2D eigenvalue weighted by molar-refractivity contribution is 0.00525. The van der Waals surface area contributed by atoms with E-state index in [0.717, 1.165) is 48.9 Å². The summed E-state index contributed by atoms with van der Waals surface area (Å²) in [5.74, 6) is -0.195. The van der Waals surface area contributed by atoms with Gasteiger partial charge < -0.3 is 10.1 Å². The molecule has 0 spiro atoms. The van der Waals surface area contributed by atoms with E-state index < -0.39 is 0 Å². The Kier molecular flexibility index (Phi) is 7.14. The second kappa shape index (κ2) is 8.86. The molecule has 0 aromatic heterocycles. The zero-order valence-corrected chi connectivity index (χ0v) is 14.3. The number of rotatable bonds is 7. The molecule has 0 bridgehead atoms. The second-order valence-corrected chi connectivity index (χ2v) is 6.67.